The van der Waals surface area contributed by atoms with Crippen LogP contribution in [0, 0.1) is 5.82 Å². The lowest BCUT2D eigenvalue weighted by Crippen LogP contribution is -2.24. The van der Waals surface area contributed by atoms with Gasteiger partial charge in [-0.05, 0) is 24.6 Å². The van der Waals surface area contributed by atoms with Gasteiger partial charge in [0.2, 0.25) is 0 Å². The van der Waals surface area contributed by atoms with Gasteiger partial charge >= 0.3 is 0 Å². The predicted molar refractivity (Wildman–Crippen MR) is 75.2 cm³/mol. The summed E-state index contributed by atoms with van der Waals surface area (Å²) in [6, 6.07) is 4.75. The van der Waals surface area contributed by atoms with Gasteiger partial charge in [0.1, 0.15) is 11.5 Å². The van der Waals surface area contributed by atoms with Crippen LogP contribution >= 0.6 is 0 Å². The van der Waals surface area contributed by atoms with Crippen LogP contribution in [0.1, 0.15) is 28.7 Å². The number of H-pyrrole nitrogens is 2. The second-order valence-corrected chi connectivity index (χ2v) is 4.62. The Hall–Kier alpha value is -2.70. The average Bonchev–Trinajstić information content (AvgIpc) is 3.13. The molecule has 3 N–H and O–H groups in total. The minimum Gasteiger partial charge on any atom is -0.361 e. The first-order valence-corrected chi connectivity index (χ1v) is 6.63. The largest absolute Gasteiger partial charge is 0.361 e. The molecule has 0 radical (unpaired) electrons. The van der Waals surface area contributed by atoms with E-state index >= 15 is 0 Å². The van der Waals surface area contributed by atoms with Crippen LogP contribution in [0.2, 0.25) is 0 Å². The summed E-state index contributed by atoms with van der Waals surface area (Å²) in [4.78, 5) is 15.0. The van der Waals surface area contributed by atoms with Crippen molar-refractivity contribution < 1.29 is 9.18 Å². The molecule has 6 nitrogen and oxygen atoms in total. The second-order valence-electron chi connectivity index (χ2n) is 4.62. The van der Waals surface area contributed by atoms with E-state index < -0.39 is 11.7 Å². The fourth-order valence-electron chi connectivity index (χ4n) is 2.23. The molecule has 0 saturated carbocycles. The van der Waals surface area contributed by atoms with E-state index in [1.165, 1.54) is 6.07 Å². The van der Waals surface area contributed by atoms with E-state index in [1.807, 2.05) is 6.92 Å². The van der Waals surface area contributed by atoms with Crippen molar-refractivity contribution in [2.75, 3.05) is 0 Å². The number of rotatable bonds is 4. The molecule has 3 rings (SSSR count). The van der Waals surface area contributed by atoms with Crippen LogP contribution in [-0.4, -0.2) is 26.3 Å². The highest BCUT2D eigenvalue weighted by Gasteiger charge is 2.15. The maximum absolute atomic E-state index is 14.2. The summed E-state index contributed by atoms with van der Waals surface area (Å²) in [6.07, 6.45) is 2.35. The van der Waals surface area contributed by atoms with Gasteiger partial charge in [-0.15, -0.1) is 0 Å². The molecule has 0 unspecified atom stereocenters. The minimum atomic E-state index is -0.526. The molecule has 0 fully saturated rings. The molecule has 0 spiro atoms. The van der Waals surface area contributed by atoms with Crippen molar-refractivity contribution in [1.29, 1.82) is 0 Å². The Morgan fingerprint density at radius 3 is 2.90 bits per heavy atom. The Morgan fingerprint density at radius 2 is 2.10 bits per heavy atom. The molecule has 2 aromatic heterocycles. The van der Waals surface area contributed by atoms with Crippen molar-refractivity contribution >= 4 is 16.8 Å². The second kappa shape index (κ2) is 5.35. The van der Waals surface area contributed by atoms with Crippen molar-refractivity contribution in [3.63, 3.8) is 0 Å². The van der Waals surface area contributed by atoms with Crippen LogP contribution in [0.5, 0.6) is 0 Å². The fraction of sp³-hybridized carbons (Fsp3) is 0.214. The molecule has 0 aliphatic rings. The Labute approximate surface area is 119 Å². The van der Waals surface area contributed by atoms with Crippen LogP contribution < -0.4 is 5.32 Å². The number of carbonyl (C=O) groups excluding carboxylic acids is 1. The maximum Gasteiger partial charge on any atom is 0.254 e. The number of amides is 1. The van der Waals surface area contributed by atoms with Crippen LogP contribution in [-0.2, 0) is 13.0 Å². The number of aromatic nitrogens is 4. The van der Waals surface area contributed by atoms with E-state index in [-0.39, 0.29) is 12.1 Å². The lowest BCUT2D eigenvalue weighted by molar-refractivity contribution is 0.0946. The minimum absolute atomic E-state index is 0.0173. The zero-order valence-electron chi connectivity index (χ0n) is 11.4. The molecule has 0 atom stereocenters. The van der Waals surface area contributed by atoms with Crippen molar-refractivity contribution in [2.45, 2.75) is 19.9 Å². The third kappa shape index (κ3) is 2.37. The summed E-state index contributed by atoms with van der Waals surface area (Å²) in [6.45, 7) is 2.16. The standard InChI is InChI=1S/C14H14FN5O/c1-2-10-12(19-20-18-10)7-17-14(21)9-3-4-11-8(13(9)15)5-6-16-11/h3-6,16H,2,7H2,1H3,(H,17,21)(H,18,19,20). The highest BCUT2D eigenvalue weighted by Crippen LogP contribution is 2.20. The van der Waals surface area contributed by atoms with Gasteiger partial charge in [0.25, 0.3) is 5.91 Å². The molecule has 0 saturated heterocycles. The predicted octanol–water partition coefficient (Wildman–Crippen LogP) is 1.92. The van der Waals surface area contributed by atoms with Gasteiger partial charge in [0.05, 0.1) is 17.8 Å². The van der Waals surface area contributed by atoms with E-state index in [4.69, 9.17) is 0 Å². The molecule has 0 bridgehead atoms. The highest BCUT2D eigenvalue weighted by atomic mass is 19.1. The molecule has 0 aliphatic carbocycles. The summed E-state index contributed by atoms with van der Waals surface area (Å²) in [5, 5.41) is 13.5. The Bertz CT molecular complexity index is 792. The molecule has 21 heavy (non-hydrogen) atoms. The van der Waals surface area contributed by atoms with Gasteiger partial charge in [0, 0.05) is 17.1 Å². The van der Waals surface area contributed by atoms with Crippen molar-refractivity contribution in [3.8, 4) is 0 Å². The summed E-state index contributed by atoms with van der Waals surface area (Å²) in [5.74, 6) is -0.997. The Kier molecular flexibility index (Phi) is 3.39. The normalized spacial score (nSPS) is 11.0. The summed E-state index contributed by atoms with van der Waals surface area (Å²) < 4.78 is 14.2. The third-order valence-corrected chi connectivity index (χ3v) is 3.37. The van der Waals surface area contributed by atoms with Crippen LogP contribution in [0.15, 0.2) is 24.4 Å². The number of carbonyl (C=O) groups is 1. The first kappa shape index (κ1) is 13.3. The molecule has 2 heterocycles. The van der Waals surface area contributed by atoms with Gasteiger partial charge in [0.15, 0.2) is 0 Å². The number of halogens is 1. The summed E-state index contributed by atoms with van der Waals surface area (Å²) in [7, 11) is 0. The van der Waals surface area contributed by atoms with Crippen molar-refractivity contribution in [1.82, 2.24) is 25.7 Å². The molecule has 3 aromatic rings. The average molecular weight is 287 g/mol. The summed E-state index contributed by atoms with van der Waals surface area (Å²) >= 11 is 0. The van der Waals surface area contributed by atoms with Gasteiger partial charge < -0.3 is 10.3 Å². The molecule has 1 amide bonds. The molecular weight excluding hydrogens is 273 g/mol. The fourth-order valence-corrected chi connectivity index (χ4v) is 2.23. The number of aryl methyl sites for hydroxylation is 1. The Balaban J connectivity index is 1.79. The number of aromatic amines is 2. The van der Waals surface area contributed by atoms with Gasteiger partial charge in [-0.2, -0.15) is 15.4 Å². The zero-order valence-corrected chi connectivity index (χ0v) is 11.4. The topological polar surface area (TPSA) is 86.5 Å². The van der Waals surface area contributed by atoms with E-state index in [0.29, 0.717) is 23.0 Å². The smallest absolute Gasteiger partial charge is 0.254 e. The van der Waals surface area contributed by atoms with Gasteiger partial charge in [-0.1, -0.05) is 6.92 Å². The first-order valence-electron chi connectivity index (χ1n) is 6.63. The molecule has 108 valence electrons. The zero-order chi connectivity index (χ0) is 14.8. The quantitative estimate of drug-likeness (QED) is 0.685. The van der Waals surface area contributed by atoms with Crippen LogP contribution in [0.3, 0.4) is 0 Å². The van der Waals surface area contributed by atoms with E-state index in [0.717, 1.165) is 5.69 Å². The van der Waals surface area contributed by atoms with E-state index in [1.54, 1.807) is 18.3 Å². The number of fused-ring (bicyclic) bond motifs is 1. The first-order chi connectivity index (χ1) is 10.2. The Morgan fingerprint density at radius 1 is 1.29 bits per heavy atom. The monoisotopic (exact) mass is 287 g/mol. The maximum atomic E-state index is 14.2. The van der Waals surface area contributed by atoms with E-state index in [9.17, 15) is 9.18 Å². The number of benzene rings is 1. The third-order valence-electron chi connectivity index (χ3n) is 3.37. The lowest BCUT2D eigenvalue weighted by Gasteiger charge is -2.06. The number of hydrogen-bond acceptors (Lipinski definition) is 3. The molecule has 0 aliphatic heterocycles. The summed E-state index contributed by atoms with van der Waals surface area (Å²) in [5.41, 5.74) is 2.13. The number of hydrogen-bond donors (Lipinski definition) is 3. The van der Waals surface area contributed by atoms with Crippen molar-refractivity contribution in [3.05, 3.63) is 47.2 Å². The highest BCUT2D eigenvalue weighted by molar-refractivity contribution is 5.98. The van der Waals surface area contributed by atoms with Crippen LogP contribution in [0.25, 0.3) is 10.9 Å². The van der Waals surface area contributed by atoms with Crippen molar-refractivity contribution in [2.24, 2.45) is 0 Å². The van der Waals surface area contributed by atoms with Gasteiger partial charge in [-0.3, -0.25) is 4.79 Å². The number of nitrogens with zero attached hydrogens (tertiary/aromatic N) is 2. The molecular formula is C14H14FN5O. The van der Waals surface area contributed by atoms with Crippen LogP contribution in [0.4, 0.5) is 4.39 Å². The number of nitrogens with one attached hydrogen (secondary N) is 3. The van der Waals surface area contributed by atoms with E-state index in [2.05, 4.69) is 25.7 Å². The molecule has 1 aromatic carbocycles. The SMILES string of the molecule is CCc1n[nH]nc1CNC(=O)c1ccc2[nH]ccc2c1F. The lowest BCUT2D eigenvalue weighted by atomic mass is 10.1. The van der Waals surface area contributed by atoms with Gasteiger partial charge in [-0.25, -0.2) is 4.39 Å². The molecule has 7 heteroatoms.